The van der Waals surface area contributed by atoms with Gasteiger partial charge in [0.1, 0.15) is 0 Å². The Bertz CT molecular complexity index is 689. The van der Waals surface area contributed by atoms with Gasteiger partial charge in [-0.05, 0) is 31.5 Å². The predicted octanol–water partition coefficient (Wildman–Crippen LogP) is 1.77. The van der Waals surface area contributed by atoms with Crippen LogP contribution < -0.4 is 11.1 Å². The van der Waals surface area contributed by atoms with Crippen molar-refractivity contribution in [2.45, 2.75) is 20.4 Å². The Balaban J connectivity index is 2.11. The molecule has 1 N–H and O–H groups in total. The Hall–Kier alpha value is -2.06. The van der Waals surface area contributed by atoms with E-state index in [0.29, 0.717) is 18.7 Å². The average molecular weight is 259 g/mol. The lowest BCUT2D eigenvalue weighted by atomic mass is 9.96. The Morgan fingerprint density at radius 2 is 2.21 bits per heavy atom. The van der Waals surface area contributed by atoms with Crippen molar-refractivity contribution in [1.82, 2.24) is 9.88 Å². The van der Waals surface area contributed by atoms with E-state index in [1.165, 1.54) is 4.57 Å². The summed E-state index contributed by atoms with van der Waals surface area (Å²) in [6, 6.07) is 7.91. The highest BCUT2D eigenvalue weighted by Crippen LogP contribution is 2.15. The lowest BCUT2D eigenvalue weighted by molar-refractivity contribution is 0.445. The molecule has 0 aliphatic heterocycles. The maximum Gasteiger partial charge on any atom is 0.419 e. The summed E-state index contributed by atoms with van der Waals surface area (Å²) in [6.07, 6.45) is 0. The van der Waals surface area contributed by atoms with Crippen molar-refractivity contribution in [2.75, 3.05) is 6.54 Å². The molecule has 0 atom stereocenters. The van der Waals surface area contributed by atoms with Crippen LogP contribution in [-0.4, -0.2) is 11.1 Å². The highest BCUT2D eigenvalue weighted by molar-refractivity contribution is 5.73. The molecule has 2 aromatic rings. The molecule has 1 aromatic carbocycles. The molecule has 100 valence electrons. The monoisotopic (exact) mass is 259 g/mol. The first-order valence-electron chi connectivity index (χ1n) is 6.13. The number of fused-ring (bicyclic) bond motifs is 1. The lowest BCUT2D eigenvalue weighted by Gasteiger charge is -2.15. The molecule has 1 aromatic heterocycles. The van der Waals surface area contributed by atoms with Crippen molar-refractivity contribution in [3.8, 4) is 6.07 Å². The van der Waals surface area contributed by atoms with Crippen LogP contribution in [0.25, 0.3) is 11.1 Å². The fourth-order valence-electron chi connectivity index (χ4n) is 1.85. The molecule has 2 rings (SSSR count). The third-order valence-corrected chi connectivity index (χ3v) is 3.06. The van der Waals surface area contributed by atoms with E-state index in [2.05, 4.69) is 11.4 Å². The molecule has 0 saturated heterocycles. The molecule has 0 fully saturated rings. The van der Waals surface area contributed by atoms with Gasteiger partial charge in [0.15, 0.2) is 5.58 Å². The summed E-state index contributed by atoms with van der Waals surface area (Å²) < 4.78 is 6.61. The normalized spacial score (nSPS) is 11.7. The van der Waals surface area contributed by atoms with Crippen molar-refractivity contribution < 1.29 is 4.42 Å². The molecule has 0 amide bonds. The van der Waals surface area contributed by atoms with Crippen molar-refractivity contribution in [2.24, 2.45) is 12.5 Å². The fourth-order valence-corrected chi connectivity index (χ4v) is 1.85. The molecule has 19 heavy (non-hydrogen) atoms. The minimum atomic E-state index is -0.386. The lowest BCUT2D eigenvalue weighted by Crippen LogP contribution is -2.27. The quantitative estimate of drug-likeness (QED) is 0.908. The van der Waals surface area contributed by atoms with E-state index in [0.717, 1.165) is 11.1 Å². The zero-order chi connectivity index (χ0) is 14.0. The van der Waals surface area contributed by atoms with Gasteiger partial charge in [-0.25, -0.2) is 4.79 Å². The van der Waals surface area contributed by atoms with Crippen LogP contribution in [0.15, 0.2) is 27.4 Å². The van der Waals surface area contributed by atoms with Gasteiger partial charge in [-0.2, -0.15) is 5.26 Å². The summed E-state index contributed by atoms with van der Waals surface area (Å²) >= 11 is 0. The SMILES string of the molecule is Cn1c(=O)oc2cc(CNCC(C)(C)C#N)ccc21. The molecule has 0 aliphatic carbocycles. The number of nitrogens with one attached hydrogen (secondary N) is 1. The van der Waals surface area contributed by atoms with E-state index in [1.54, 1.807) is 7.05 Å². The van der Waals surface area contributed by atoms with Crippen LogP contribution in [0.5, 0.6) is 0 Å². The number of aromatic nitrogens is 1. The third kappa shape index (κ3) is 2.85. The molecule has 0 bridgehead atoms. The first kappa shape index (κ1) is 13.4. The Morgan fingerprint density at radius 3 is 2.89 bits per heavy atom. The van der Waals surface area contributed by atoms with Gasteiger partial charge in [0.2, 0.25) is 0 Å². The Kier molecular flexibility index (Phi) is 3.45. The molecule has 0 spiro atoms. The van der Waals surface area contributed by atoms with Gasteiger partial charge >= 0.3 is 5.76 Å². The van der Waals surface area contributed by atoms with Gasteiger partial charge in [-0.1, -0.05) is 6.07 Å². The fraction of sp³-hybridized carbons (Fsp3) is 0.429. The summed E-state index contributed by atoms with van der Waals surface area (Å²) in [6.45, 7) is 5.03. The molecule has 0 radical (unpaired) electrons. The minimum absolute atomic E-state index is 0.356. The van der Waals surface area contributed by atoms with E-state index >= 15 is 0 Å². The van der Waals surface area contributed by atoms with E-state index in [1.807, 2.05) is 32.0 Å². The maximum atomic E-state index is 11.4. The van der Waals surface area contributed by atoms with Gasteiger partial charge in [0, 0.05) is 20.1 Å². The van der Waals surface area contributed by atoms with Crippen LogP contribution in [0, 0.1) is 16.7 Å². The number of aryl methyl sites for hydroxylation is 1. The minimum Gasteiger partial charge on any atom is -0.408 e. The van der Waals surface area contributed by atoms with E-state index in [4.69, 9.17) is 9.68 Å². The largest absolute Gasteiger partial charge is 0.419 e. The van der Waals surface area contributed by atoms with E-state index in [-0.39, 0.29) is 11.2 Å². The molecule has 5 heteroatoms. The second kappa shape index (κ2) is 4.90. The van der Waals surface area contributed by atoms with Crippen LogP contribution in [0.4, 0.5) is 0 Å². The van der Waals surface area contributed by atoms with Crippen LogP contribution in [0.2, 0.25) is 0 Å². The molecule has 5 nitrogen and oxygen atoms in total. The van der Waals surface area contributed by atoms with Crippen molar-refractivity contribution in [3.63, 3.8) is 0 Å². The maximum absolute atomic E-state index is 11.4. The van der Waals surface area contributed by atoms with Crippen molar-refractivity contribution in [1.29, 1.82) is 5.26 Å². The van der Waals surface area contributed by atoms with Crippen LogP contribution in [-0.2, 0) is 13.6 Å². The number of rotatable bonds is 4. The molecule has 0 aliphatic rings. The topological polar surface area (TPSA) is 71.0 Å². The van der Waals surface area contributed by atoms with Gasteiger partial charge < -0.3 is 9.73 Å². The van der Waals surface area contributed by atoms with Gasteiger partial charge in [-0.3, -0.25) is 4.57 Å². The molecule has 0 saturated carbocycles. The third-order valence-electron chi connectivity index (χ3n) is 3.06. The summed E-state index contributed by atoms with van der Waals surface area (Å²) in [5.41, 5.74) is 2.01. The first-order valence-corrected chi connectivity index (χ1v) is 6.13. The smallest absolute Gasteiger partial charge is 0.408 e. The van der Waals surface area contributed by atoms with Crippen molar-refractivity contribution in [3.05, 3.63) is 34.3 Å². The molecular formula is C14H17N3O2. The summed E-state index contributed by atoms with van der Waals surface area (Å²) in [5.74, 6) is -0.356. The number of nitriles is 1. The number of nitrogens with zero attached hydrogens (tertiary/aromatic N) is 2. The zero-order valence-electron chi connectivity index (χ0n) is 11.4. The highest BCUT2D eigenvalue weighted by atomic mass is 16.4. The van der Waals surface area contributed by atoms with Crippen LogP contribution in [0.1, 0.15) is 19.4 Å². The number of hydrogen-bond donors (Lipinski definition) is 1. The predicted molar refractivity (Wildman–Crippen MR) is 72.6 cm³/mol. The second-order valence-electron chi connectivity index (χ2n) is 5.33. The number of hydrogen-bond acceptors (Lipinski definition) is 4. The number of oxazole rings is 1. The standard InChI is InChI=1S/C14H17N3O2/c1-14(2,8-15)9-16-7-10-4-5-11-12(6-10)19-13(18)17(11)3/h4-6,16H,7,9H2,1-3H3. The Morgan fingerprint density at radius 1 is 1.47 bits per heavy atom. The van der Waals surface area contributed by atoms with Gasteiger partial charge in [-0.15, -0.1) is 0 Å². The van der Waals surface area contributed by atoms with Crippen LogP contribution in [0.3, 0.4) is 0 Å². The van der Waals surface area contributed by atoms with Crippen molar-refractivity contribution >= 4 is 11.1 Å². The first-order chi connectivity index (χ1) is 8.93. The molecular weight excluding hydrogens is 242 g/mol. The van der Waals surface area contributed by atoms with E-state index in [9.17, 15) is 4.79 Å². The van der Waals surface area contributed by atoms with Gasteiger partial charge in [0.25, 0.3) is 0 Å². The summed E-state index contributed by atoms with van der Waals surface area (Å²) in [5, 5.41) is 12.2. The Labute approximate surface area is 111 Å². The highest BCUT2D eigenvalue weighted by Gasteiger charge is 2.15. The average Bonchev–Trinajstić information content (AvgIpc) is 2.65. The zero-order valence-corrected chi connectivity index (χ0v) is 11.4. The van der Waals surface area contributed by atoms with E-state index < -0.39 is 0 Å². The summed E-state index contributed by atoms with van der Waals surface area (Å²) in [4.78, 5) is 11.4. The van der Waals surface area contributed by atoms with Gasteiger partial charge in [0.05, 0.1) is 17.0 Å². The molecule has 1 heterocycles. The number of benzene rings is 1. The van der Waals surface area contributed by atoms with Crippen LogP contribution >= 0.6 is 0 Å². The molecule has 0 unspecified atom stereocenters. The second-order valence-corrected chi connectivity index (χ2v) is 5.33. The summed E-state index contributed by atoms with van der Waals surface area (Å²) in [7, 11) is 1.68.